The summed E-state index contributed by atoms with van der Waals surface area (Å²) in [4.78, 5) is 16.3. The number of benzene rings is 3. The van der Waals surface area contributed by atoms with Gasteiger partial charge >= 0.3 is 5.97 Å². The van der Waals surface area contributed by atoms with Crippen molar-refractivity contribution in [3.05, 3.63) is 113 Å². The standard InChI is InChI=1S/C28H21ClN2O4/c1-33-28(32)27-15-14-22(35-27)18-31-17-19(23-6-2-4-8-25(23)31)16-30-20-10-12-21(13-11-20)34-26-9-5-3-7-24(26)29/h2-17H,18H2,1H3. The smallest absolute Gasteiger partial charge is 0.373 e. The maximum atomic E-state index is 11.7. The van der Waals surface area contributed by atoms with Gasteiger partial charge in [-0.15, -0.1) is 0 Å². The number of methoxy groups -OCH3 is 1. The number of hydrogen-bond acceptors (Lipinski definition) is 5. The molecule has 5 aromatic rings. The summed E-state index contributed by atoms with van der Waals surface area (Å²) < 4.78 is 18.3. The molecule has 0 N–H and O–H groups in total. The molecule has 0 amide bonds. The van der Waals surface area contributed by atoms with Gasteiger partial charge in [-0.25, -0.2) is 4.79 Å². The lowest BCUT2D eigenvalue weighted by Gasteiger charge is -2.07. The van der Waals surface area contributed by atoms with Crippen molar-refractivity contribution >= 4 is 40.4 Å². The van der Waals surface area contributed by atoms with Crippen LogP contribution in [0.3, 0.4) is 0 Å². The zero-order chi connectivity index (χ0) is 24.2. The molecule has 0 atom stereocenters. The summed E-state index contributed by atoms with van der Waals surface area (Å²) in [6, 6.07) is 26.3. The van der Waals surface area contributed by atoms with Crippen molar-refractivity contribution in [1.82, 2.24) is 4.57 Å². The predicted octanol–water partition coefficient (Wildman–Crippen LogP) is 7.27. The van der Waals surface area contributed by atoms with Crippen LogP contribution < -0.4 is 4.74 Å². The van der Waals surface area contributed by atoms with E-state index in [1.165, 1.54) is 7.11 Å². The first kappa shape index (κ1) is 22.5. The van der Waals surface area contributed by atoms with E-state index in [-0.39, 0.29) is 5.76 Å². The van der Waals surface area contributed by atoms with E-state index in [1.54, 1.807) is 18.2 Å². The molecule has 0 unspecified atom stereocenters. The van der Waals surface area contributed by atoms with Crippen molar-refractivity contribution in [3.8, 4) is 11.5 Å². The number of halogens is 1. The largest absolute Gasteiger partial charge is 0.463 e. The molecule has 35 heavy (non-hydrogen) atoms. The summed E-state index contributed by atoms with van der Waals surface area (Å²) in [5.41, 5.74) is 2.80. The number of esters is 1. The van der Waals surface area contributed by atoms with E-state index in [4.69, 9.17) is 25.5 Å². The van der Waals surface area contributed by atoms with Gasteiger partial charge in [-0.1, -0.05) is 41.9 Å². The molecule has 0 aliphatic rings. The van der Waals surface area contributed by atoms with Crippen LogP contribution in [-0.4, -0.2) is 23.9 Å². The molecular weight excluding hydrogens is 464 g/mol. The summed E-state index contributed by atoms with van der Waals surface area (Å²) in [7, 11) is 1.33. The Morgan fingerprint density at radius 1 is 1.00 bits per heavy atom. The minimum atomic E-state index is -0.496. The fourth-order valence-corrected chi connectivity index (χ4v) is 3.92. The normalized spacial score (nSPS) is 11.3. The van der Waals surface area contributed by atoms with Gasteiger partial charge in [-0.2, -0.15) is 0 Å². The SMILES string of the molecule is COC(=O)c1ccc(Cn2cc(C=Nc3ccc(Oc4ccccc4Cl)cc3)c3ccccc32)o1. The number of aromatic nitrogens is 1. The molecule has 0 radical (unpaired) electrons. The molecule has 0 bridgehead atoms. The highest BCUT2D eigenvalue weighted by Crippen LogP contribution is 2.30. The monoisotopic (exact) mass is 484 g/mol. The lowest BCUT2D eigenvalue weighted by Crippen LogP contribution is -1.99. The van der Waals surface area contributed by atoms with Crippen molar-refractivity contribution < 1.29 is 18.7 Å². The Balaban J connectivity index is 1.35. The molecule has 174 valence electrons. The second kappa shape index (κ2) is 9.91. The maximum absolute atomic E-state index is 11.7. The fourth-order valence-electron chi connectivity index (χ4n) is 3.75. The van der Waals surface area contributed by atoms with Crippen molar-refractivity contribution in [1.29, 1.82) is 0 Å². The van der Waals surface area contributed by atoms with Crippen LogP contribution in [0.2, 0.25) is 5.02 Å². The third-order valence-corrected chi connectivity index (χ3v) is 5.76. The van der Waals surface area contributed by atoms with Crippen LogP contribution in [0.4, 0.5) is 5.69 Å². The number of para-hydroxylation sites is 2. The molecule has 0 saturated carbocycles. The van der Waals surface area contributed by atoms with Gasteiger partial charge in [0.05, 0.1) is 24.4 Å². The summed E-state index contributed by atoms with van der Waals surface area (Å²) in [5.74, 6) is 1.63. The van der Waals surface area contributed by atoms with E-state index in [0.717, 1.165) is 22.2 Å². The quantitative estimate of drug-likeness (QED) is 0.180. The van der Waals surface area contributed by atoms with Gasteiger partial charge in [0, 0.05) is 28.9 Å². The predicted molar refractivity (Wildman–Crippen MR) is 136 cm³/mol. The Hall–Kier alpha value is -4.29. The van der Waals surface area contributed by atoms with Gasteiger partial charge in [0.25, 0.3) is 0 Å². The van der Waals surface area contributed by atoms with E-state index >= 15 is 0 Å². The van der Waals surface area contributed by atoms with Crippen LogP contribution in [0.25, 0.3) is 10.9 Å². The van der Waals surface area contributed by atoms with E-state index in [1.807, 2.05) is 73.1 Å². The van der Waals surface area contributed by atoms with E-state index in [2.05, 4.69) is 15.6 Å². The van der Waals surface area contributed by atoms with Crippen LogP contribution in [0.15, 0.2) is 101 Å². The molecule has 0 fully saturated rings. The molecule has 3 aromatic carbocycles. The van der Waals surface area contributed by atoms with Crippen LogP contribution in [0.1, 0.15) is 21.9 Å². The number of carbonyl (C=O) groups is 1. The van der Waals surface area contributed by atoms with E-state index < -0.39 is 5.97 Å². The summed E-state index contributed by atoms with van der Waals surface area (Å²) in [6.45, 7) is 0.472. The fraction of sp³-hybridized carbons (Fsp3) is 0.0714. The topological polar surface area (TPSA) is 66.0 Å². The zero-order valence-corrected chi connectivity index (χ0v) is 19.6. The molecule has 2 heterocycles. The Bertz CT molecular complexity index is 1520. The number of hydrogen-bond donors (Lipinski definition) is 0. The average Bonchev–Trinajstić information content (AvgIpc) is 3.50. The maximum Gasteiger partial charge on any atom is 0.373 e. The number of aliphatic imine (C=N–C) groups is 1. The number of furan rings is 1. The summed E-state index contributed by atoms with van der Waals surface area (Å²) >= 11 is 6.17. The minimum Gasteiger partial charge on any atom is -0.463 e. The lowest BCUT2D eigenvalue weighted by atomic mass is 10.2. The second-order valence-corrected chi connectivity index (χ2v) is 8.18. The molecule has 2 aromatic heterocycles. The van der Waals surface area contributed by atoms with Crippen molar-refractivity contribution in [2.75, 3.05) is 7.11 Å². The van der Waals surface area contributed by atoms with Gasteiger partial charge in [0.2, 0.25) is 5.76 Å². The van der Waals surface area contributed by atoms with Crippen LogP contribution in [-0.2, 0) is 11.3 Å². The van der Waals surface area contributed by atoms with Gasteiger partial charge in [-0.05, 0) is 54.6 Å². The molecule has 0 spiro atoms. The number of rotatable bonds is 7. The molecular formula is C28H21ClN2O4. The molecule has 0 saturated heterocycles. The Morgan fingerprint density at radius 3 is 2.57 bits per heavy atom. The second-order valence-electron chi connectivity index (χ2n) is 7.77. The molecule has 7 heteroatoms. The molecule has 0 aliphatic carbocycles. The minimum absolute atomic E-state index is 0.183. The number of fused-ring (bicyclic) bond motifs is 1. The molecule has 5 rings (SSSR count). The van der Waals surface area contributed by atoms with E-state index in [0.29, 0.717) is 28.8 Å². The van der Waals surface area contributed by atoms with Crippen LogP contribution >= 0.6 is 11.6 Å². The van der Waals surface area contributed by atoms with Gasteiger partial charge in [0.15, 0.2) is 0 Å². The lowest BCUT2D eigenvalue weighted by molar-refractivity contribution is 0.0563. The van der Waals surface area contributed by atoms with Crippen LogP contribution in [0, 0.1) is 0 Å². The Kier molecular flexibility index (Phi) is 6.37. The van der Waals surface area contributed by atoms with Gasteiger partial charge < -0.3 is 18.5 Å². The third-order valence-electron chi connectivity index (χ3n) is 5.45. The highest BCUT2D eigenvalue weighted by atomic mass is 35.5. The van der Waals surface area contributed by atoms with Gasteiger partial charge in [-0.3, -0.25) is 4.99 Å². The van der Waals surface area contributed by atoms with Gasteiger partial charge in [0.1, 0.15) is 17.3 Å². The third kappa shape index (κ3) is 4.98. The first-order chi connectivity index (χ1) is 17.1. The molecule has 6 nitrogen and oxygen atoms in total. The first-order valence-electron chi connectivity index (χ1n) is 10.9. The van der Waals surface area contributed by atoms with Crippen molar-refractivity contribution in [3.63, 3.8) is 0 Å². The Morgan fingerprint density at radius 2 is 1.77 bits per heavy atom. The first-order valence-corrected chi connectivity index (χ1v) is 11.3. The van der Waals surface area contributed by atoms with Crippen LogP contribution in [0.5, 0.6) is 11.5 Å². The van der Waals surface area contributed by atoms with E-state index in [9.17, 15) is 4.79 Å². The number of nitrogens with zero attached hydrogens (tertiary/aromatic N) is 2. The Labute approximate surface area is 207 Å². The zero-order valence-electron chi connectivity index (χ0n) is 18.9. The highest BCUT2D eigenvalue weighted by molar-refractivity contribution is 6.32. The summed E-state index contributed by atoms with van der Waals surface area (Å²) in [5, 5.41) is 1.62. The van der Waals surface area contributed by atoms with Crippen molar-refractivity contribution in [2.45, 2.75) is 6.54 Å². The number of ether oxygens (including phenoxy) is 2. The number of carbonyl (C=O) groups excluding carboxylic acids is 1. The summed E-state index contributed by atoms with van der Waals surface area (Å²) in [6.07, 6.45) is 3.86. The average molecular weight is 485 g/mol. The van der Waals surface area contributed by atoms with Crippen molar-refractivity contribution in [2.24, 2.45) is 4.99 Å². The molecule has 0 aliphatic heterocycles. The highest BCUT2D eigenvalue weighted by Gasteiger charge is 2.13.